The van der Waals surface area contributed by atoms with Gasteiger partial charge >= 0.3 is 5.97 Å². The van der Waals surface area contributed by atoms with Gasteiger partial charge in [0.15, 0.2) is 0 Å². The van der Waals surface area contributed by atoms with E-state index in [4.69, 9.17) is 14.6 Å². The molecule has 2 unspecified atom stereocenters. The number of carbonyl (C=O) groups is 2. The first-order valence-corrected chi connectivity index (χ1v) is 7.55. The van der Waals surface area contributed by atoms with Gasteiger partial charge < -0.3 is 19.5 Å². The zero-order valence-electron chi connectivity index (χ0n) is 12.8. The molecular weight excluding hydrogens is 274 g/mol. The van der Waals surface area contributed by atoms with Gasteiger partial charge in [-0.3, -0.25) is 9.59 Å². The molecule has 2 fully saturated rings. The molecule has 2 aliphatic rings. The third-order valence-electron chi connectivity index (χ3n) is 4.89. The predicted molar refractivity (Wildman–Crippen MR) is 75.9 cm³/mol. The number of likely N-dealkylation sites (tertiary alicyclic amines) is 1. The molecule has 1 saturated carbocycles. The van der Waals surface area contributed by atoms with E-state index in [0.29, 0.717) is 19.5 Å². The summed E-state index contributed by atoms with van der Waals surface area (Å²) in [6.45, 7) is 1.05. The lowest BCUT2D eigenvalue weighted by atomic mass is 9.79. The minimum atomic E-state index is -0.810. The highest BCUT2D eigenvalue weighted by atomic mass is 16.5. The molecule has 0 spiro atoms. The summed E-state index contributed by atoms with van der Waals surface area (Å²) < 4.78 is 10.7. The molecule has 2 rings (SSSR count). The minimum Gasteiger partial charge on any atom is -0.481 e. The molecule has 1 aliphatic heterocycles. The number of ether oxygens (including phenoxy) is 2. The standard InChI is InChI=1S/C15H25NO5/c1-20-11-9-16(10-12(11)21-2)13(17)7-15(8-14(18)19)5-3-4-6-15/h11-12H,3-10H2,1-2H3,(H,18,19). The lowest BCUT2D eigenvalue weighted by Crippen LogP contribution is -2.35. The van der Waals surface area contributed by atoms with Crippen LogP contribution in [0.2, 0.25) is 0 Å². The van der Waals surface area contributed by atoms with Crippen molar-refractivity contribution in [2.24, 2.45) is 5.41 Å². The molecule has 6 nitrogen and oxygen atoms in total. The molecule has 1 N–H and O–H groups in total. The summed E-state index contributed by atoms with van der Waals surface area (Å²) in [7, 11) is 3.24. The molecule has 0 bridgehead atoms. The first kappa shape index (κ1) is 16.2. The number of hydrogen-bond acceptors (Lipinski definition) is 4. The van der Waals surface area contributed by atoms with E-state index in [-0.39, 0.29) is 30.0 Å². The van der Waals surface area contributed by atoms with E-state index >= 15 is 0 Å². The fourth-order valence-corrected chi connectivity index (χ4v) is 3.69. The van der Waals surface area contributed by atoms with Crippen LogP contribution in [0.1, 0.15) is 38.5 Å². The summed E-state index contributed by atoms with van der Waals surface area (Å²) in [5.74, 6) is -0.782. The second kappa shape index (κ2) is 6.75. The van der Waals surface area contributed by atoms with E-state index in [1.54, 1.807) is 19.1 Å². The van der Waals surface area contributed by atoms with Crippen molar-refractivity contribution in [3.05, 3.63) is 0 Å². The smallest absolute Gasteiger partial charge is 0.303 e. The summed E-state index contributed by atoms with van der Waals surface area (Å²) in [5, 5.41) is 9.11. The largest absolute Gasteiger partial charge is 0.481 e. The number of hydrogen-bond donors (Lipinski definition) is 1. The van der Waals surface area contributed by atoms with Crippen LogP contribution in [0, 0.1) is 5.41 Å². The molecule has 0 radical (unpaired) electrons. The number of carbonyl (C=O) groups excluding carboxylic acids is 1. The monoisotopic (exact) mass is 299 g/mol. The molecule has 21 heavy (non-hydrogen) atoms. The van der Waals surface area contributed by atoms with E-state index < -0.39 is 5.97 Å². The Labute approximate surface area is 125 Å². The Morgan fingerprint density at radius 1 is 1.10 bits per heavy atom. The topological polar surface area (TPSA) is 76.1 Å². The number of methoxy groups -OCH3 is 2. The van der Waals surface area contributed by atoms with Gasteiger partial charge in [0, 0.05) is 33.7 Å². The molecule has 0 aromatic carbocycles. The Hall–Kier alpha value is -1.14. The summed E-state index contributed by atoms with van der Waals surface area (Å²) in [4.78, 5) is 25.4. The van der Waals surface area contributed by atoms with Crippen molar-refractivity contribution in [3.63, 3.8) is 0 Å². The van der Waals surface area contributed by atoms with Crippen LogP contribution in [0.3, 0.4) is 0 Å². The average molecular weight is 299 g/mol. The Balaban J connectivity index is 1.98. The van der Waals surface area contributed by atoms with Crippen molar-refractivity contribution >= 4 is 11.9 Å². The van der Waals surface area contributed by atoms with Gasteiger partial charge in [0.1, 0.15) is 12.2 Å². The molecule has 120 valence electrons. The maximum Gasteiger partial charge on any atom is 0.303 e. The van der Waals surface area contributed by atoms with Gasteiger partial charge in [0.2, 0.25) is 5.91 Å². The molecule has 1 amide bonds. The van der Waals surface area contributed by atoms with Crippen LogP contribution in [0.4, 0.5) is 0 Å². The van der Waals surface area contributed by atoms with Gasteiger partial charge in [-0.05, 0) is 18.3 Å². The summed E-state index contributed by atoms with van der Waals surface area (Å²) in [6, 6.07) is 0. The fraction of sp³-hybridized carbons (Fsp3) is 0.867. The quantitative estimate of drug-likeness (QED) is 0.799. The Kier molecular flexibility index (Phi) is 5.22. The van der Waals surface area contributed by atoms with Crippen LogP contribution in [0.5, 0.6) is 0 Å². The van der Waals surface area contributed by atoms with E-state index in [0.717, 1.165) is 25.7 Å². The summed E-state index contributed by atoms with van der Waals surface area (Å²) >= 11 is 0. The van der Waals surface area contributed by atoms with Crippen molar-refractivity contribution in [1.29, 1.82) is 0 Å². The highest BCUT2D eigenvalue weighted by molar-refractivity contribution is 5.78. The highest BCUT2D eigenvalue weighted by Gasteiger charge is 2.42. The van der Waals surface area contributed by atoms with Gasteiger partial charge in [0.25, 0.3) is 0 Å². The maximum atomic E-state index is 12.5. The second-order valence-electron chi connectivity index (χ2n) is 6.30. The van der Waals surface area contributed by atoms with E-state index in [1.807, 2.05) is 0 Å². The van der Waals surface area contributed by atoms with Crippen LogP contribution in [-0.4, -0.2) is 61.4 Å². The van der Waals surface area contributed by atoms with E-state index in [2.05, 4.69) is 0 Å². The maximum absolute atomic E-state index is 12.5. The van der Waals surface area contributed by atoms with Crippen molar-refractivity contribution < 1.29 is 24.2 Å². The zero-order chi connectivity index (χ0) is 15.5. The van der Waals surface area contributed by atoms with Crippen LogP contribution >= 0.6 is 0 Å². The normalized spacial score (nSPS) is 28.0. The molecule has 0 aromatic rings. The Morgan fingerprint density at radius 3 is 2.05 bits per heavy atom. The van der Waals surface area contributed by atoms with Crippen molar-refractivity contribution in [2.45, 2.75) is 50.7 Å². The molecule has 0 aromatic heterocycles. The lowest BCUT2D eigenvalue weighted by molar-refractivity contribution is -0.141. The number of amides is 1. The molecule has 1 heterocycles. The molecule has 2 atom stereocenters. The number of aliphatic carboxylic acids is 1. The van der Waals surface area contributed by atoms with Gasteiger partial charge in [0.05, 0.1) is 6.42 Å². The highest BCUT2D eigenvalue weighted by Crippen LogP contribution is 2.44. The number of carboxylic acid groups (broad SMARTS) is 1. The van der Waals surface area contributed by atoms with Crippen molar-refractivity contribution in [1.82, 2.24) is 4.90 Å². The van der Waals surface area contributed by atoms with Crippen LogP contribution in [-0.2, 0) is 19.1 Å². The molecule has 1 aliphatic carbocycles. The molecule has 6 heteroatoms. The average Bonchev–Trinajstić information content (AvgIpc) is 3.04. The van der Waals surface area contributed by atoms with Crippen LogP contribution in [0.25, 0.3) is 0 Å². The Morgan fingerprint density at radius 2 is 1.62 bits per heavy atom. The first-order chi connectivity index (χ1) is 9.99. The number of nitrogens with zero attached hydrogens (tertiary/aromatic N) is 1. The van der Waals surface area contributed by atoms with Gasteiger partial charge in [-0.25, -0.2) is 0 Å². The second-order valence-corrected chi connectivity index (χ2v) is 6.30. The molecular formula is C15H25NO5. The molecule has 1 saturated heterocycles. The summed E-state index contributed by atoms with van der Waals surface area (Å²) in [6.07, 6.45) is 3.92. The van der Waals surface area contributed by atoms with Gasteiger partial charge in [-0.15, -0.1) is 0 Å². The lowest BCUT2D eigenvalue weighted by Gasteiger charge is -2.28. The van der Waals surface area contributed by atoms with Gasteiger partial charge in [-0.1, -0.05) is 12.8 Å². The SMILES string of the molecule is COC1CN(C(=O)CC2(CC(=O)O)CCCC2)CC1OC. The zero-order valence-corrected chi connectivity index (χ0v) is 12.8. The van der Waals surface area contributed by atoms with Crippen molar-refractivity contribution in [3.8, 4) is 0 Å². The van der Waals surface area contributed by atoms with Crippen LogP contribution < -0.4 is 0 Å². The van der Waals surface area contributed by atoms with Crippen molar-refractivity contribution in [2.75, 3.05) is 27.3 Å². The van der Waals surface area contributed by atoms with Gasteiger partial charge in [-0.2, -0.15) is 0 Å². The number of rotatable bonds is 6. The van der Waals surface area contributed by atoms with Crippen LogP contribution in [0.15, 0.2) is 0 Å². The summed E-state index contributed by atoms with van der Waals surface area (Å²) in [5.41, 5.74) is -0.351. The fourth-order valence-electron chi connectivity index (χ4n) is 3.69. The van der Waals surface area contributed by atoms with E-state index in [1.165, 1.54) is 0 Å². The first-order valence-electron chi connectivity index (χ1n) is 7.55. The Bertz CT molecular complexity index is 380. The third kappa shape index (κ3) is 3.74. The minimum absolute atomic E-state index is 0.0275. The number of carboxylic acids is 1. The van der Waals surface area contributed by atoms with E-state index in [9.17, 15) is 9.59 Å². The third-order valence-corrected chi connectivity index (χ3v) is 4.89. The predicted octanol–water partition coefficient (Wildman–Crippen LogP) is 1.28.